The molecule has 252 valence electrons. The van der Waals surface area contributed by atoms with Crippen LogP contribution in [0.5, 0.6) is 0 Å². The topological polar surface area (TPSA) is 181 Å². The van der Waals surface area contributed by atoms with Crippen LogP contribution in [0.3, 0.4) is 0 Å². The van der Waals surface area contributed by atoms with Crippen molar-refractivity contribution in [2.45, 2.75) is 69.7 Å². The Morgan fingerprint density at radius 3 is 2.02 bits per heavy atom. The minimum atomic E-state index is -2.10. The molecule has 48 heavy (non-hydrogen) atoms. The molecule has 0 saturated heterocycles. The first-order chi connectivity index (χ1) is 22.8. The third-order valence-electron chi connectivity index (χ3n) is 8.05. The molecule has 0 aliphatic heterocycles. The van der Waals surface area contributed by atoms with Gasteiger partial charge >= 0.3 is 6.03 Å². The molecule has 0 saturated carbocycles. The number of aliphatic hydroxyl groups excluding tert-OH is 1. The van der Waals surface area contributed by atoms with Gasteiger partial charge in [-0.05, 0) is 56.9 Å². The summed E-state index contributed by atoms with van der Waals surface area (Å²) in [6.07, 6.45) is -1.98. The highest BCUT2D eigenvalue weighted by atomic mass is 16.3. The van der Waals surface area contributed by atoms with Gasteiger partial charge in [-0.25, -0.2) is 9.78 Å². The average molecular weight is 653 g/mol. The highest BCUT2D eigenvalue weighted by molar-refractivity contribution is 6.00. The van der Waals surface area contributed by atoms with Gasteiger partial charge in [0.15, 0.2) is 0 Å². The Labute approximate surface area is 280 Å². The zero-order valence-electron chi connectivity index (χ0n) is 27.6. The van der Waals surface area contributed by atoms with Gasteiger partial charge in [-0.2, -0.15) is 0 Å². The summed E-state index contributed by atoms with van der Waals surface area (Å²) < 4.78 is 0. The van der Waals surface area contributed by atoms with E-state index in [-0.39, 0.29) is 18.7 Å². The van der Waals surface area contributed by atoms with Gasteiger partial charge < -0.3 is 32.1 Å². The molecule has 11 heteroatoms. The fraction of sp³-hybridized carbons (Fsp3) is 0.324. The van der Waals surface area contributed by atoms with E-state index in [2.05, 4.69) is 15.6 Å². The smallest absolute Gasteiger partial charge is 0.318 e. The van der Waals surface area contributed by atoms with E-state index in [1.54, 1.807) is 23.1 Å². The maximum atomic E-state index is 13.9. The van der Waals surface area contributed by atoms with Gasteiger partial charge in [0.2, 0.25) is 11.8 Å². The number of aromatic nitrogens is 1. The summed E-state index contributed by atoms with van der Waals surface area (Å²) >= 11 is 0. The van der Waals surface area contributed by atoms with Crippen LogP contribution in [0.15, 0.2) is 97.1 Å². The molecule has 0 aliphatic carbocycles. The van der Waals surface area contributed by atoms with E-state index in [0.29, 0.717) is 11.9 Å². The fourth-order valence-corrected chi connectivity index (χ4v) is 5.70. The Morgan fingerprint density at radius 2 is 1.42 bits per heavy atom. The number of rotatable bonds is 14. The van der Waals surface area contributed by atoms with Gasteiger partial charge in [0.25, 0.3) is 5.91 Å². The predicted molar refractivity (Wildman–Crippen MR) is 185 cm³/mol. The van der Waals surface area contributed by atoms with Gasteiger partial charge in [-0.15, -0.1) is 0 Å². The van der Waals surface area contributed by atoms with Crippen LogP contribution < -0.4 is 22.1 Å². The maximum Gasteiger partial charge on any atom is 0.318 e. The van der Waals surface area contributed by atoms with Crippen molar-refractivity contribution in [3.8, 4) is 0 Å². The molecular weight excluding hydrogens is 608 g/mol. The second kappa shape index (κ2) is 15.5. The Morgan fingerprint density at radius 1 is 0.812 bits per heavy atom. The van der Waals surface area contributed by atoms with Crippen molar-refractivity contribution < 1.29 is 24.3 Å². The lowest BCUT2D eigenvalue weighted by molar-refractivity contribution is -0.131. The molecule has 3 unspecified atom stereocenters. The molecule has 1 aromatic heterocycles. The van der Waals surface area contributed by atoms with Crippen LogP contribution in [0, 0.1) is 0 Å². The number of urea groups is 1. The first kappa shape index (κ1) is 35.6. The number of nitrogens with zero attached hydrogens (tertiary/aromatic N) is 2. The third kappa shape index (κ3) is 9.62. The van der Waals surface area contributed by atoms with Crippen LogP contribution in [-0.2, 0) is 22.4 Å². The Hall–Kier alpha value is -5.29. The summed E-state index contributed by atoms with van der Waals surface area (Å²) in [6.45, 7) is 5.77. The number of aliphatic hydroxyl groups is 1. The number of hydrogen-bond donors (Lipinski definition) is 5. The number of hydrogen-bond acceptors (Lipinski definition) is 6. The normalized spacial score (nSPS) is 13.9. The molecule has 0 spiro atoms. The van der Waals surface area contributed by atoms with Crippen molar-refractivity contribution in [1.82, 2.24) is 20.5 Å². The number of nitrogens with two attached hydrogens (primary N) is 2. The first-order valence-corrected chi connectivity index (χ1v) is 15.9. The number of benzene rings is 3. The summed E-state index contributed by atoms with van der Waals surface area (Å²) in [5.74, 6) is -2.76. The lowest BCUT2D eigenvalue weighted by atomic mass is 9.83. The molecule has 3 aromatic carbocycles. The summed E-state index contributed by atoms with van der Waals surface area (Å²) in [5.41, 5.74) is 11.1. The second-order valence-corrected chi connectivity index (χ2v) is 13.1. The molecule has 5 amide bonds. The first-order valence-electron chi connectivity index (χ1n) is 15.9. The van der Waals surface area contributed by atoms with Gasteiger partial charge in [-0.1, -0.05) is 84.9 Å². The van der Waals surface area contributed by atoms with Crippen molar-refractivity contribution in [2.75, 3.05) is 6.54 Å². The van der Waals surface area contributed by atoms with E-state index in [4.69, 9.17) is 11.5 Å². The maximum absolute atomic E-state index is 13.9. The van der Waals surface area contributed by atoms with E-state index in [0.717, 1.165) is 16.5 Å². The summed E-state index contributed by atoms with van der Waals surface area (Å²) in [5, 5.41) is 18.5. The van der Waals surface area contributed by atoms with Crippen LogP contribution in [0.2, 0.25) is 0 Å². The number of primary amides is 2. The van der Waals surface area contributed by atoms with Crippen molar-refractivity contribution in [3.63, 3.8) is 0 Å². The van der Waals surface area contributed by atoms with Crippen molar-refractivity contribution in [2.24, 2.45) is 11.5 Å². The van der Waals surface area contributed by atoms with Crippen LogP contribution in [0.25, 0.3) is 10.9 Å². The number of amides is 5. The van der Waals surface area contributed by atoms with E-state index in [1.165, 1.54) is 6.07 Å². The van der Waals surface area contributed by atoms with Gasteiger partial charge in [0, 0.05) is 23.9 Å². The van der Waals surface area contributed by atoms with Crippen molar-refractivity contribution >= 4 is 34.7 Å². The molecule has 0 radical (unpaired) electrons. The second-order valence-electron chi connectivity index (χ2n) is 13.1. The highest BCUT2D eigenvalue weighted by Gasteiger charge is 2.45. The molecule has 0 bridgehead atoms. The lowest BCUT2D eigenvalue weighted by Gasteiger charge is -2.40. The minimum Gasteiger partial charge on any atom is -0.391 e. The van der Waals surface area contributed by atoms with E-state index in [1.807, 2.05) is 93.6 Å². The van der Waals surface area contributed by atoms with Crippen molar-refractivity contribution in [3.05, 3.63) is 114 Å². The average Bonchev–Trinajstić information content (AvgIpc) is 3.03. The zero-order valence-corrected chi connectivity index (χ0v) is 27.6. The molecule has 11 nitrogen and oxygen atoms in total. The quantitative estimate of drug-likeness (QED) is 0.139. The van der Waals surface area contributed by atoms with Gasteiger partial charge in [0.05, 0.1) is 24.1 Å². The Bertz CT molecular complexity index is 1730. The summed E-state index contributed by atoms with van der Waals surface area (Å²) in [4.78, 5) is 59.1. The number of para-hydroxylation sites is 1. The molecule has 4 aromatic rings. The molecular formula is C37H44N6O5. The summed E-state index contributed by atoms with van der Waals surface area (Å²) in [6, 6.07) is 28.0. The van der Waals surface area contributed by atoms with Crippen LogP contribution in [0.4, 0.5) is 4.79 Å². The van der Waals surface area contributed by atoms with Crippen LogP contribution >= 0.6 is 0 Å². The predicted octanol–water partition coefficient (Wildman–Crippen LogP) is 3.48. The molecule has 0 aliphatic rings. The van der Waals surface area contributed by atoms with Gasteiger partial charge in [0.1, 0.15) is 11.2 Å². The summed E-state index contributed by atoms with van der Waals surface area (Å²) in [7, 11) is 0. The minimum absolute atomic E-state index is 0.0202. The van der Waals surface area contributed by atoms with E-state index >= 15 is 0 Å². The monoisotopic (exact) mass is 652 g/mol. The number of carbonyl (C=O) groups is 4. The number of fused-ring (bicyclic) bond motifs is 1. The van der Waals surface area contributed by atoms with Crippen molar-refractivity contribution in [1.29, 1.82) is 0 Å². The van der Waals surface area contributed by atoms with Crippen LogP contribution in [0.1, 0.15) is 55.2 Å². The standard InChI is InChI=1S/C37H44N6O5/c1-36(2,3)42-35(48)43(21-20-25-12-6-4-7-13-25)30(22-26-14-8-5-9-15-26)31(44)23-37(34(39)47,24-32(38)45)41-33(46)29-19-18-27-16-10-11-17-28(27)40-29/h4-19,30-31,44H,20-24H2,1-3H3,(H2,38,45)(H2,39,47)(H,41,46)(H,42,48). The Balaban J connectivity index is 1.73. The molecule has 0 fully saturated rings. The number of carbonyl (C=O) groups excluding carboxylic acids is 4. The SMILES string of the molecule is CC(C)(C)NC(=O)N(CCc1ccccc1)C(Cc1ccccc1)C(O)CC(CC(N)=O)(NC(=O)c1ccc2ccccc2n1)C(N)=O. The largest absolute Gasteiger partial charge is 0.391 e. The fourth-order valence-electron chi connectivity index (χ4n) is 5.70. The zero-order chi connectivity index (χ0) is 34.9. The van der Waals surface area contributed by atoms with Crippen LogP contribution in [-0.4, -0.2) is 68.5 Å². The number of pyridine rings is 1. The third-order valence-corrected chi connectivity index (χ3v) is 8.05. The van der Waals surface area contributed by atoms with Gasteiger partial charge in [-0.3, -0.25) is 14.4 Å². The highest BCUT2D eigenvalue weighted by Crippen LogP contribution is 2.25. The molecule has 4 rings (SSSR count). The molecule has 1 heterocycles. The molecule has 3 atom stereocenters. The van der Waals surface area contributed by atoms with E-state index in [9.17, 15) is 24.3 Å². The molecule has 7 N–H and O–H groups in total. The van der Waals surface area contributed by atoms with E-state index < -0.39 is 59.8 Å². The Kier molecular flexibility index (Phi) is 11.5. The number of nitrogens with one attached hydrogen (secondary N) is 2. The lowest BCUT2D eigenvalue weighted by Crippen LogP contribution is -2.63.